The van der Waals surface area contributed by atoms with Crippen LogP contribution in [0.1, 0.15) is 70.0 Å². The first kappa shape index (κ1) is 67.6. The second kappa shape index (κ2) is 29.8. The maximum absolute atomic E-state index is 14.5. The fraction of sp³-hybridized carbons (Fsp3) is 0.0510. The standard InChI is InChI=1S/C98H73N3O6/c1-67-63-77(51-60-92(67)105-95(102)74-45-54-83(55-46-74)99(80-33-10-5-11-34-80)89-42-22-30-71-27-16-19-39-86(71)89)98(66-70-25-8-4-9-26-70,78-52-61-93(68(2)64-78)106-96(103)75-47-56-84(57-48-75)100(81-35-12-6-13-36-81)90-43-23-31-72-28-17-20-40-87(72)90)79-53-62-94(69(3)65-79)107-97(104)76-49-58-85(59-50-76)101(82-37-14-7-15-38-82)91-44-24-32-73-29-18-21-41-88(73)91/h4-65H,66H2,1-3H3. The second-order valence-electron chi connectivity index (χ2n) is 26.8. The summed E-state index contributed by atoms with van der Waals surface area (Å²) in [6.45, 7) is 5.87. The van der Waals surface area contributed by atoms with Crippen molar-refractivity contribution in [1.82, 2.24) is 0 Å². The lowest BCUT2D eigenvalue weighted by atomic mass is 9.65. The molecule has 0 saturated heterocycles. The average molecular weight is 1390 g/mol. The summed E-state index contributed by atoms with van der Waals surface area (Å²) in [6, 6.07) is 125. The molecular weight excluding hydrogens is 1320 g/mol. The first-order valence-corrected chi connectivity index (χ1v) is 35.8. The fourth-order valence-electron chi connectivity index (χ4n) is 14.7. The Kier molecular flexibility index (Phi) is 18.8. The fourth-order valence-corrected chi connectivity index (χ4v) is 14.7. The number of hydrogen-bond acceptors (Lipinski definition) is 9. The summed E-state index contributed by atoms with van der Waals surface area (Å²) in [5.74, 6) is -0.301. The molecule has 0 spiro atoms. The zero-order chi connectivity index (χ0) is 72.8. The number of fused-ring (bicyclic) bond motifs is 3. The van der Waals surface area contributed by atoms with Crippen molar-refractivity contribution in [3.05, 3.63) is 432 Å². The summed E-state index contributed by atoms with van der Waals surface area (Å²) < 4.78 is 19.1. The van der Waals surface area contributed by atoms with Crippen LogP contribution >= 0.6 is 0 Å². The van der Waals surface area contributed by atoms with Crippen LogP contribution in [0.15, 0.2) is 376 Å². The number of aryl methyl sites for hydroxylation is 3. The molecule has 0 bridgehead atoms. The highest BCUT2D eigenvalue weighted by Gasteiger charge is 2.39. The normalized spacial score (nSPS) is 11.3. The molecule has 516 valence electrons. The van der Waals surface area contributed by atoms with Gasteiger partial charge in [0.05, 0.1) is 33.8 Å². The molecule has 0 radical (unpaired) electrons. The van der Waals surface area contributed by atoms with Gasteiger partial charge in [-0.25, -0.2) is 14.4 Å². The molecule has 0 aliphatic rings. The summed E-state index contributed by atoms with van der Waals surface area (Å²) >= 11 is 0. The lowest BCUT2D eigenvalue weighted by molar-refractivity contribution is 0.0724. The minimum absolute atomic E-state index is 0.390. The third-order valence-corrected chi connectivity index (χ3v) is 20.1. The molecule has 0 fully saturated rings. The summed E-state index contributed by atoms with van der Waals surface area (Å²) in [5, 5.41) is 6.65. The Morgan fingerprint density at radius 3 is 0.804 bits per heavy atom. The van der Waals surface area contributed by atoms with Gasteiger partial charge < -0.3 is 28.9 Å². The molecule has 16 rings (SSSR count). The van der Waals surface area contributed by atoms with Gasteiger partial charge in [-0.1, -0.05) is 231 Å². The quantitative estimate of drug-likeness (QED) is 0.0420. The van der Waals surface area contributed by atoms with Crippen LogP contribution in [0.5, 0.6) is 17.2 Å². The Bertz CT molecular complexity index is 5370. The van der Waals surface area contributed by atoms with E-state index in [1.54, 1.807) is 0 Å². The van der Waals surface area contributed by atoms with Crippen LogP contribution in [-0.2, 0) is 11.8 Å². The Morgan fingerprint density at radius 1 is 0.262 bits per heavy atom. The van der Waals surface area contributed by atoms with E-state index in [0.717, 1.165) is 122 Å². The minimum atomic E-state index is -0.977. The molecule has 16 aromatic carbocycles. The van der Waals surface area contributed by atoms with Crippen molar-refractivity contribution in [3.8, 4) is 17.2 Å². The molecule has 9 nitrogen and oxygen atoms in total. The van der Waals surface area contributed by atoms with E-state index in [1.165, 1.54) is 0 Å². The van der Waals surface area contributed by atoms with Gasteiger partial charge in [0.25, 0.3) is 0 Å². The number of anilines is 9. The zero-order valence-corrected chi connectivity index (χ0v) is 59.3. The van der Waals surface area contributed by atoms with Gasteiger partial charge in [-0.15, -0.1) is 0 Å². The molecule has 16 aromatic rings. The largest absolute Gasteiger partial charge is 0.423 e. The predicted molar refractivity (Wildman–Crippen MR) is 434 cm³/mol. The van der Waals surface area contributed by atoms with Crippen molar-refractivity contribution in [3.63, 3.8) is 0 Å². The highest BCUT2D eigenvalue weighted by atomic mass is 16.5. The SMILES string of the molecule is Cc1cc(C(Cc2ccccc2)(c2ccc(OC(=O)c3ccc(N(c4ccccc4)c4cccc5ccccc45)cc3)c(C)c2)c2ccc(OC(=O)c3ccc(N(c4ccccc4)c4cccc5ccccc45)cc3)c(C)c2)ccc1OC(=O)c1ccc(N(c2ccccc2)c2cccc3ccccc23)cc1. The van der Waals surface area contributed by atoms with E-state index in [0.29, 0.717) is 40.4 Å². The van der Waals surface area contributed by atoms with E-state index in [1.807, 2.05) is 239 Å². The number of hydrogen-bond donors (Lipinski definition) is 0. The lowest BCUT2D eigenvalue weighted by Crippen LogP contribution is -2.33. The third-order valence-electron chi connectivity index (χ3n) is 20.1. The van der Waals surface area contributed by atoms with Gasteiger partial charge in [-0.2, -0.15) is 0 Å². The number of rotatable bonds is 20. The molecule has 0 aliphatic heterocycles. The number of nitrogens with zero attached hydrogens (tertiary/aromatic N) is 3. The van der Waals surface area contributed by atoms with Crippen LogP contribution in [-0.4, -0.2) is 17.9 Å². The molecule has 0 aliphatic carbocycles. The zero-order valence-electron chi connectivity index (χ0n) is 59.3. The van der Waals surface area contributed by atoms with Gasteiger partial charge >= 0.3 is 17.9 Å². The number of carbonyl (C=O) groups excluding carboxylic acids is 3. The predicted octanol–water partition coefficient (Wildman–Crippen LogP) is 24.7. The monoisotopic (exact) mass is 1390 g/mol. The summed E-state index contributed by atoms with van der Waals surface area (Å²) in [4.78, 5) is 50.0. The van der Waals surface area contributed by atoms with Crippen molar-refractivity contribution in [2.75, 3.05) is 14.7 Å². The van der Waals surface area contributed by atoms with Crippen LogP contribution in [0.4, 0.5) is 51.2 Å². The van der Waals surface area contributed by atoms with Crippen LogP contribution in [0.25, 0.3) is 32.3 Å². The van der Waals surface area contributed by atoms with Crippen molar-refractivity contribution in [1.29, 1.82) is 0 Å². The summed E-state index contributed by atoms with van der Waals surface area (Å²) in [7, 11) is 0. The minimum Gasteiger partial charge on any atom is -0.423 e. The van der Waals surface area contributed by atoms with Gasteiger partial charge in [0, 0.05) is 55.7 Å². The summed E-state index contributed by atoms with van der Waals surface area (Å²) in [5.41, 5.74) is 14.7. The van der Waals surface area contributed by atoms with Gasteiger partial charge in [-0.3, -0.25) is 0 Å². The molecule has 0 saturated carbocycles. The third kappa shape index (κ3) is 13.8. The molecular formula is C98H73N3O6. The number of ether oxygens (including phenoxy) is 3. The number of benzene rings is 16. The molecule has 0 aromatic heterocycles. The van der Waals surface area contributed by atoms with Crippen molar-refractivity contribution in [2.45, 2.75) is 32.6 Å². The Labute approximate surface area is 622 Å². The van der Waals surface area contributed by atoms with E-state index >= 15 is 0 Å². The van der Waals surface area contributed by atoms with Crippen LogP contribution in [0, 0.1) is 20.8 Å². The molecule has 0 heterocycles. The smallest absolute Gasteiger partial charge is 0.343 e. The van der Waals surface area contributed by atoms with E-state index in [-0.39, 0.29) is 0 Å². The topological polar surface area (TPSA) is 88.6 Å². The molecule has 0 unspecified atom stereocenters. The van der Waals surface area contributed by atoms with Crippen LogP contribution in [0.3, 0.4) is 0 Å². The van der Waals surface area contributed by atoms with Gasteiger partial charge in [0.1, 0.15) is 17.2 Å². The first-order chi connectivity index (χ1) is 52.5. The first-order valence-electron chi connectivity index (χ1n) is 35.8. The maximum Gasteiger partial charge on any atom is 0.343 e. The van der Waals surface area contributed by atoms with Crippen LogP contribution in [0.2, 0.25) is 0 Å². The molecule has 0 N–H and O–H groups in total. The molecule has 107 heavy (non-hydrogen) atoms. The molecule has 0 atom stereocenters. The average Bonchev–Trinajstić information content (AvgIpc) is 0.738. The van der Waals surface area contributed by atoms with E-state index in [9.17, 15) is 14.4 Å². The van der Waals surface area contributed by atoms with Gasteiger partial charge in [-0.05, 0) is 228 Å². The van der Waals surface area contributed by atoms with E-state index < -0.39 is 23.3 Å². The molecule has 0 amide bonds. The Hall–Kier alpha value is -13.9. The maximum atomic E-state index is 14.5. The van der Waals surface area contributed by atoms with Gasteiger partial charge in [0.2, 0.25) is 0 Å². The number of para-hydroxylation sites is 3. The highest BCUT2D eigenvalue weighted by Crippen LogP contribution is 2.48. The van der Waals surface area contributed by atoms with Crippen molar-refractivity contribution < 1.29 is 28.6 Å². The van der Waals surface area contributed by atoms with E-state index in [4.69, 9.17) is 14.2 Å². The Morgan fingerprint density at radius 2 is 0.514 bits per heavy atom. The Balaban J connectivity index is 0.731. The van der Waals surface area contributed by atoms with Crippen molar-refractivity contribution >= 4 is 101 Å². The highest BCUT2D eigenvalue weighted by molar-refractivity contribution is 6.03. The second-order valence-corrected chi connectivity index (χ2v) is 26.8. The number of esters is 3. The van der Waals surface area contributed by atoms with Crippen LogP contribution < -0.4 is 28.9 Å². The van der Waals surface area contributed by atoms with E-state index in [2.05, 4.69) is 172 Å². The summed E-state index contributed by atoms with van der Waals surface area (Å²) in [6.07, 6.45) is 0.463. The van der Waals surface area contributed by atoms with Gasteiger partial charge in [0.15, 0.2) is 0 Å². The van der Waals surface area contributed by atoms with Crippen molar-refractivity contribution in [2.24, 2.45) is 0 Å². The lowest BCUT2D eigenvalue weighted by Gasteiger charge is -2.37. The molecule has 9 heteroatoms. The number of carbonyl (C=O) groups is 3.